The minimum Gasteiger partial charge on any atom is -0.466 e. The number of carbonyl (C=O) groups excluding carboxylic acids is 1. The van der Waals surface area contributed by atoms with Crippen LogP contribution in [0.1, 0.15) is 23.4 Å². The Morgan fingerprint density at radius 1 is 1.50 bits per heavy atom. The SMILES string of the molecule is CCOC(=O)CCc1nnc(CN)s1. The van der Waals surface area contributed by atoms with Gasteiger partial charge in [-0.15, -0.1) is 21.5 Å². The maximum atomic E-state index is 11.0. The summed E-state index contributed by atoms with van der Waals surface area (Å²) in [5.41, 5.74) is 5.38. The summed E-state index contributed by atoms with van der Waals surface area (Å²) in [4.78, 5) is 11.0. The highest BCUT2D eigenvalue weighted by Crippen LogP contribution is 2.10. The molecule has 0 bridgehead atoms. The second-order valence-electron chi connectivity index (χ2n) is 2.60. The molecule has 0 atom stereocenters. The van der Waals surface area contributed by atoms with Crippen molar-refractivity contribution < 1.29 is 9.53 Å². The molecule has 6 heteroatoms. The topological polar surface area (TPSA) is 78.1 Å². The van der Waals surface area contributed by atoms with Gasteiger partial charge in [0.25, 0.3) is 0 Å². The summed E-state index contributed by atoms with van der Waals surface area (Å²) in [5.74, 6) is -0.197. The van der Waals surface area contributed by atoms with Crippen molar-refractivity contribution in [1.82, 2.24) is 10.2 Å². The van der Waals surface area contributed by atoms with Gasteiger partial charge in [0.15, 0.2) is 0 Å². The first-order valence-electron chi connectivity index (χ1n) is 4.43. The number of ether oxygens (including phenoxy) is 1. The summed E-state index contributed by atoms with van der Waals surface area (Å²) in [6.45, 7) is 2.61. The number of rotatable bonds is 5. The normalized spacial score (nSPS) is 10.1. The van der Waals surface area contributed by atoms with E-state index in [9.17, 15) is 4.79 Å². The zero-order valence-electron chi connectivity index (χ0n) is 8.02. The van der Waals surface area contributed by atoms with E-state index in [1.54, 1.807) is 6.92 Å². The molecule has 0 aliphatic heterocycles. The lowest BCUT2D eigenvalue weighted by Gasteiger charge is -1.98. The van der Waals surface area contributed by atoms with Crippen LogP contribution in [0.4, 0.5) is 0 Å². The van der Waals surface area contributed by atoms with E-state index in [-0.39, 0.29) is 5.97 Å². The monoisotopic (exact) mass is 215 g/mol. The first-order chi connectivity index (χ1) is 6.76. The van der Waals surface area contributed by atoms with Gasteiger partial charge in [-0.1, -0.05) is 0 Å². The van der Waals surface area contributed by atoms with Gasteiger partial charge in [-0.3, -0.25) is 4.79 Å². The van der Waals surface area contributed by atoms with E-state index in [4.69, 9.17) is 10.5 Å². The van der Waals surface area contributed by atoms with Gasteiger partial charge in [0.2, 0.25) is 0 Å². The molecule has 0 unspecified atom stereocenters. The molecule has 78 valence electrons. The van der Waals surface area contributed by atoms with Crippen LogP contribution in [0.2, 0.25) is 0 Å². The minimum absolute atomic E-state index is 0.197. The van der Waals surface area contributed by atoms with Crippen molar-refractivity contribution in [1.29, 1.82) is 0 Å². The van der Waals surface area contributed by atoms with Crippen molar-refractivity contribution in [3.8, 4) is 0 Å². The van der Waals surface area contributed by atoms with E-state index in [1.165, 1.54) is 11.3 Å². The molecule has 0 aliphatic carbocycles. The Bertz CT molecular complexity index is 301. The smallest absolute Gasteiger partial charge is 0.306 e. The second-order valence-corrected chi connectivity index (χ2v) is 3.75. The average Bonchev–Trinajstić information content (AvgIpc) is 2.63. The molecular formula is C8H13N3O2S. The first kappa shape index (κ1) is 11.1. The van der Waals surface area contributed by atoms with Crippen molar-refractivity contribution in [3.63, 3.8) is 0 Å². The van der Waals surface area contributed by atoms with Gasteiger partial charge in [-0.05, 0) is 6.92 Å². The molecule has 1 rings (SSSR count). The van der Waals surface area contributed by atoms with Gasteiger partial charge in [0.05, 0.1) is 13.0 Å². The molecule has 0 aromatic carbocycles. The number of carbonyl (C=O) groups is 1. The summed E-state index contributed by atoms with van der Waals surface area (Å²) in [6, 6.07) is 0. The molecule has 5 nitrogen and oxygen atoms in total. The predicted molar refractivity (Wildman–Crippen MR) is 52.8 cm³/mol. The average molecular weight is 215 g/mol. The molecule has 0 radical (unpaired) electrons. The Balaban J connectivity index is 2.34. The highest BCUT2D eigenvalue weighted by atomic mass is 32.1. The molecule has 0 amide bonds. The maximum absolute atomic E-state index is 11.0. The van der Waals surface area contributed by atoms with Crippen LogP contribution >= 0.6 is 11.3 Å². The van der Waals surface area contributed by atoms with E-state index in [1.807, 2.05) is 0 Å². The number of nitrogens with zero attached hydrogens (tertiary/aromatic N) is 2. The summed E-state index contributed by atoms with van der Waals surface area (Å²) in [5, 5.41) is 9.38. The Morgan fingerprint density at radius 2 is 2.21 bits per heavy atom. The first-order valence-corrected chi connectivity index (χ1v) is 5.24. The fraction of sp³-hybridized carbons (Fsp3) is 0.625. The van der Waals surface area contributed by atoms with E-state index in [0.717, 1.165) is 10.0 Å². The van der Waals surface area contributed by atoms with E-state index >= 15 is 0 Å². The molecular weight excluding hydrogens is 202 g/mol. The number of esters is 1. The highest BCUT2D eigenvalue weighted by Gasteiger charge is 2.06. The van der Waals surface area contributed by atoms with Crippen LogP contribution in [-0.2, 0) is 22.5 Å². The number of aryl methyl sites for hydroxylation is 1. The molecule has 0 spiro atoms. The molecule has 2 N–H and O–H groups in total. The third-order valence-electron chi connectivity index (χ3n) is 1.53. The number of hydrogen-bond acceptors (Lipinski definition) is 6. The van der Waals surface area contributed by atoms with Gasteiger partial charge in [0, 0.05) is 13.0 Å². The molecule has 1 heterocycles. The fourth-order valence-corrected chi connectivity index (χ4v) is 1.64. The van der Waals surface area contributed by atoms with Crippen molar-refractivity contribution >= 4 is 17.3 Å². The summed E-state index contributed by atoms with van der Waals surface area (Å²) in [6.07, 6.45) is 0.934. The molecule has 0 aliphatic rings. The van der Waals surface area contributed by atoms with Crippen molar-refractivity contribution in [2.75, 3.05) is 6.61 Å². The van der Waals surface area contributed by atoms with Gasteiger partial charge in [0.1, 0.15) is 10.0 Å². The van der Waals surface area contributed by atoms with Crippen LogP contribution in [0, 0.1) is 0 Å². The van der Waals surface area contributed by atoms with Gasteiger partial charge >= 0.3 is 5.97 Å². The lowest BCUT2D eigenvalue weighted by Crippen LogP contribution is -2.04. The second kappa shape index (κ2) is 5.66. The van der Waals surface area contributed by atoms with Crippen LogP contribution in [0.5, 0.6) is 0 Å². The lowest BCUT2D eigenvalue weighted by molar-refractivity contribution is -0.143. The summed E-state index contributed by atoms with van der Waals surface area (Å²) >= 11 is 1.44. The van der Waals surface area contributed by atoms with Crippen molar-refractivity contribution in [2.24, 2.45) is 5.73 Å². The van der Waals surface area contributed by atoms with Crippen LogP contribution in [-0.4, -0.2) is 22.8 Å². The maximum Gasteiger partial charge on any atom is 0.306 e. The third-order valence-corrected chi connectivity index (χ3v) is 2.54. The zero-order valence-corrected chi connectivity index (χ0v) is 8.84. The van der Waals surface area contributed by atoms with Crippen LogP contribution in [0.25, 0.3) is 0 Å². The fourth-order valence-electron chi connectivity index (χ4n) is 0.914. The Hall–Kier alpha value is -1.01. The number of nitrogens with two attached hydrogens (primary N) is 1. The van der Waals surface area contributed by atoms with Crippen molar-refractivity contribution in [3.05, 3.63) is 10.0 Å². The highest BCUT2D eigenvalue weighted by molar-refractivity contribution is 7.11. The summed E-state index contributed by atoms with van der Waals surface area (Å²) in [7, 11) is 0. The summed E-state index contributed by atoms with van der Waals surface area (Å²) < 4.78 is 4.79. The number of aromatic nitrogens is 2. The van der Waals surface area contributed by atoms with Crippen LogP contribution < -0.4 is 5.73 Å². The molecule has 1 aromatic heterocycles. The van der Waals surface area contributed by atoms with E-state index < -0.39 is 0 Å². The van der Waals surface area contributed by atoms with Gasteiger partial charge in [-0.2, -0.15) is 0 Å². The Labute approximate surface area is 86.3 Å². The van der Waals surface area contributed by atoms with Crippen LogP contribution in [0.15, 0.2) is 0 Å². The van der Waals surface area contributed by atoms with Crippen molar-refractivity contribution in [2.45, 2.75) is 26.3 Å². The zero-order chi connectivity index (χ0) is 10.4. The predicted octanol–water partition coefficient (Wildman–Crippen LogP) is 0.493. The number of hydrogen-bond donors (Lipinski definition) is 1. The van der Waals surface area contributed by atoms with E-state index in [2.05, 4.69) is 10.2 Å². The largest absolute Gasteiger partial charge is 0.466 e. The van der Waals surface area contributed by atoms with E-state index in [0.29, 0.717) is 26.0 Å². The molecule has 14 heavy (non-hydrogen) atoms. The molecule has 0 saturated carbocycles. The molecule has 0 fully saturated rings. The standard InChI is InChI=1S/C8H13N3O2S/c1-2-13-8(12)4-3-6-10-11-7(5-9)14-6/h2-5,9H2,1H3. The third kappa shape index (κ3) is 3.39. The molecule has 1 aromatic rings. The Morgan fingerprint density at radius 3 is 2.79 bits per heavy atom. The van der Waals surface area contributed by atoms with Gasteiger partial charge < -0.3 is 10.5 Å². The quantitative estimate of drug-likeness (QED) is 0.723. The van der Waals surface area contributed by atoms with Gasteiger partial charge in [-0.25, -0.2) is 0 Å². The lowest BCUT2D eigenvalue weighted by atomic mass is 10.3. The van der Waals surface area contributed by atoms with Crippen LogP contribution in [0.3, 0.4) is 0 Å². The molecule has 0 saturated heterocycles. The minimum atomic E-state index is -0.197. The Kier molecular flexibility index (Phi) is 4.48.